The second-order valence-electron chi connectivity index (χ2n) is 5.80. The lowest BCUT2D eigenvalue weighted by molar-refractivity contribution is -0.137. The van der Waals surface area contributed by atoms with E-state index in [0.717, 1.165) is 11.3 Å². The van der Waals surface area contributed by atoms with Crippen LogP contribution in [-0.4, -0.2) is 29.5 Å². The van der Waals surface area contributed by atoms with Gasteiger partial charge in [-0.05, 0) is 37.3 Å². The highest BCUT2D eigenvalue weighted by Gasteiger charge is 2.17. The van der Waals surface area contributed by atoms with Crippen molar-refractivity contribution >= 4 is 12.0 Å². The Kier molecular flexibility index (Phi) is 5.87. The predicted octanol–water partition coefficient (Wildman–Crippen LogP) is 4.02. The SMILES string of the molecule is CCOC(=O)/C(C#N)=C/c1cn(-c2ccccc2)nc1-c1ccccc1OC. The molecule has 0 radical (unpaired) electrons. The quantitative estimate of drug-likeness (QED) is 0.370. The molecule has 3 aromatic rings. The fourth-order valence-electron chi connectivity index (χ4n) is 2.76. The van der Waals surface area contributed by atoms with Crippen LogP contribution in [0.3, 0.4) is 0 Å². The number of aromatic nitrogens is 2. The van der Waals surface area contributed by atoms with Crippen LogP contribution in [0.2, 0.25) is 0 Å². The third-order valence-electron chi connectivity index (χ3n) is 4.04. The maximum absolute atomic E-state index is 12.1. The van der Waals surface area contributed by atoms with E-state index in [1.165, 1.54) is 6.08 Å². The number of rotatable bonds is 6. The molecule has 3 rings (SSSR count). The van der Waals surface area contributed by atoms with Crippen molar-refractivity contribution in [1.29, 1.82) is 5.26 Å². The van der Waals surface area contributed by atoms with Crippen LogP contribution in [0.15, 0.2) is 66.4 Å². The molecule has 0 saturated carbocycles. The van der Waals surface area contributed by atoms with Crippen molar-refractivity contribution in [2.75, 3.05) is 13.7 Å². The first-order chi connectivity index (χ1) is 13.7. The van der Waals surface area contributed by atoms with Gasteiger partial charge in [-0.25, -0.2) is 9.48 Å². The van der Waals surface area contributed by atoms with Gasteiger partial charge in [0.2, 0.25) is 0 Å². The number of hydrogen-bond donors (Lipinski definition) is 0. The number of hydrogen-bond acceptors (Lipinski definition) is 5. The van der Waals surface area contributed by atoms with Crippen molar-refractivity contribution in [3.8, 4) is 28.8 Å². The minimum Gasteiger partial charge on any atom is -0.496 e. The molecule has 0 saturated heterocycles. The average Bonchev–Trinajstić information content (AvgIpc) is 3.16. The molecule has 0 aliphatic carbocycles. The van der Waals surface area contributed by atoms with E-state index in [-0.39, 0.29) is 12.2 Å². The number of carbonyl (C=O) groups excluding carboxylic acids is 1. The molecule has 1 heterocycles. The first kappa shape index (κ1) is 18.9. The minimum absolute atomic E-state index is 0.0920. The molecule has 0 bridgehead atoms. The number of methoxy groups -OCH3 is 1. The Morgan fingerprint density at radius 1 is 1.18 bits per heavy atom. The van der Waals surface area contributed by atoms with E-state index < -0.39 is 5.97 Å². The van der Waals surface area contributed by atoms with E-state index in [2.05, 4.69) is 5.10 Å². The van der Waals surface area contributed by atoms with E-state index in [4.69, 9.17) is 9.47 Å². The molecule has 0 atom stereocenters. The highest BCUT2D eigenvalue weighted by molar-refractivity contribution is 5.99. The lowest BCUT2D eigenvalue weighted by Gasteiger charge is -2.07. The molecule has 0 N–H and O–H groups in total. The molecule has 140 valence electrons. The molecule has 0 amide bonds. The average molecular weight is 373 g/mol. The summed E-state index contributed by atoms with van der Waals surface area (Å²) < 4.78 is 12.1. The number of para-hydroxylation sites is 2. The fourth-order valence-corrected chi connectivity index (χ4v) is 2.76. The monoisotopic (exact) mass is 373 g/mol. The summed E-state index contributed by atoms with van der Waals surface area (Å²) >= 11 is 0. The summed E-state index contributed by atoms with van der Waals surface area (Å²) in [5.41, 5.74) is 2.72. The van der Waals surface area contributed by atoms with Crippen LogP contribution in [0.25, 0.3) is 23.0 Å². The highest BCUT2D eigenvalue weighted by atomic mass is 16.5. The van der Waals surface area contributed by atoms with Crippen molar-refractivity contribution in [2.24, 2.45) is 0 Å². The van der Waals surface area contributed by atoms with E-state index in [1.54, 1.807) is 24.9 Å². The van der Waals surface area contributed by atoms with Crippen LogP contribution in [0.1, 0.15) is 12.5 Å². The van der Waals surface area contributed by atoms with Crippen LogP contribution >= 0.6 is 0 Å². The smallest absolute Gasteiger partial charge is 0.348 e. The van der Waals surface area contributed by atoms with Gasteiger partial charge in [0.25, 0.3) is 0 Å². The van der Waals surface area contributed by atoms with Crippen molar-refractivity contribution < 1.29 is 14.3 Å². The molecular formula is C22H19N3O3. The third kappa shape index (κ3) is 3.94. The van der Waals surface area contributed by atoms with E-state index in [1.807, 2.05) is 60.7 Å². The van der Waals surface area contributed by atoms with Gasteiger partial charge in [0.05, 0.1) is 19.4 Å². The van der Waals surface area contributed by atoms with Gasteiger partial charge in [0.15, 0.2) is 0 Å². The Balaban J connectivity index is 2.19. The molecule has 0 fully saturated rings. The molecule has 1 aromatic heterocycles. The standard InChI is InChI=1S/C22H19N3O3/c1-3-28-22(26)16(14-23)13-17-15-25(18-9-5-4-6-10-18)24-21(17)19-11-7-8-12-20(19)27-2/h4-13,15H,3H2,1-2H3/b16-13+. The maximum atomic E-state index is 12.1. The second kappa shape index (κ2) is 8.69. The number of nitrogens with zero attached hydrogens (tertiary/aromatic N) is 3. The van der Waals surface area contributed by atoms with Crippen molar-refractivity contribution in [3.63, 3.8) is 0 Å². The van der Waals surface area contributed by atoms with Crippen LogP contribution < -0.4 is 4.74 Å². The molecule has 2 aromatic carbocycles. The van der Waals surface area contributed by atoms with E-state index in [0.29, 0.717) is 17.0 Å². The largest absolute Gasteiger partial charge is 0.496 e. The lowest BCUT2D eigenvalue weighted by Crippen LogP contribution is -2.06. The molecule has 0 unspecified atom stereocenters. The van der Waals surface area contributed by atoms with Crippen LogP contribution in [0.4, 0.5) is 0 Å². The molecule has 0 aliphatic heterocycles. The summed E-state index contributed by atoms with van der Waals surface area (Å²) in [5.74, 6) is -0.0199. The molecule has 6 heteroatoms. The Hall–Kier alpha value is -3.85. The summed E-state index contributed by atoms with van der Waals surface area (Å²) in [7, 11) is 1.59. The summed E-state index contributed by atoms with van der Waals surface area (Å²) in [6, 6.07) is 19.0. The Bertz CT molecular complexity index is 1050. The highest BCUT2D eigenvalue weighted by Crippen LogP contribution is 2.32. The zero-order chi connectivity index (χ0) is 19.9. The number of nitriles is 1. The van der Waals surface area contributed by atoms with Gasteiger partial charge in [-0.2, -0.15) is 10.4 Å². The summed E-state index contributed by atoms with van der Waals surface area (Å²) in [4.78, 5) is 12.1. The number of carbonyl (C=O) groups is 1. The zero-order valence-corrected chi connectivity index (χ0v) is 15.6. The van der Waals surface area contributed by atoms with Crippen LogP contribution in [0, 0.1) is 11.3 Å². The van der Waals surface area contributed by atoms with Crippen LogP contribution in [0.5, 0.6) is 5.75 Å². The van der Waals surface area contributed by atoms with Gasteiger partial charge >= 0.3 is 5.97 Å². The fraction of sp³-hybridized carbons (Fsp3) is 0.136. The summed E-state index contributed by atoms with van der Waals surface area (Å²) in [6.07, 6.45) is 3.26. The molecule has 0 spiro atoms. The topological polar surface area (TPSA) is 77.1 Å². The predicted molar refractivity (Wildman–Crippen MR) is 106 cm³/mol. The van der Waals surface area contributed by atoms with Crippen molar-refractivity contribution in [3.05, 3.63) is 71.9 Å². The van der Waals surface area contributed by atoms with Gasteiger partial charge in [-0.3, -0.25) is 0 Å². The van der Waals surface area contributed by atoms with E-state index in [9.17, 15) is 10.1 Å². The Morgan fingerprint density at radius 3 is 2.57 bits per heavy atom. The molecule has 28 heavy (non-hydrogen) atoms. The molecular weight excluding hydrogens is 354 g/mol. The van der Waals surface area contributed by atoms with E-state index >= 15 is 0 Å². The number of benzene rings is 2. The van der Waals surface area contributed by atoms with Gasteiger partial charge in [-0.15, -0.1) is 0 Å². The van der Waals surface area contributed by atoms with Gasteiger partial charge in [-0.1, -0.05) is 30.3 Å². The van der Waals surface area contributed by atoms with Crippen molar-refractivity contribution in [1.82, 2.24) is 9.78 Å². The van der Waals surface area contributed by atoms with Crippen molar-refractivity contribution in [2.45, 2.75) is 6.92 Å². The van der Waals surface area contributed by atoms with Crippen LogP contribution in [-0.2, 0) is 9.53 Å². The minimum atomic E-state index is -0.663. The Morgan fingerprint density at radius 2 is 1.89 bits per heavy atom. The first-order valence-corrected chi connectivity index (χ1v) is 8.75. The lowest BCUT2D eigenvalue weighted by atomic mass is 10.1. The van der Waals surface area contributed by atoms with Gasteiger partial charge < -0.3 is 9.47 Å². The number of esters is 1. The normalized spacial score (nSPS) is 11.0. The summed E-state index contributed by atoms with van der Waals surface area (Å²) in [6.45, 7) is 1.89. The first-order valence-electron chi connectivity index (χ1n) is 8.75. The molecule has 0 aliphatic rings. The number of ether oxygens (including phenoxy) is 2. The van der Waals surface area contributed by atoms with Gasteiger partial charge in [0.1, 0.15) is 23.1 Å². The maximum Gasteiger partial charge on any atom is 0.348 e. The third-order valence-corrected chi connectivity index (χ3v) is 4.04. The zero-order valence-electron chi connectivity index (χ0n) is 15.6. The Labute approximate surface area is 163 Å². The second-order valence-corrected chi connectivity index (χ2v) is 5.80. The molecule has 6 nitrogen and oxygen atoms in total. The van der Waals surface area contributed by atoms with Gasteiger partial charge in [0, 0.05) is 17.3 Å². The summed E-state index contributed by atoms with van der Waals surface area (Å²) in [5, 5.41) is 14.1.